The van der Waals surface area contributed by atoms with Gasteiger partial charge in [-0.2, -0.15) is 0 Å². The van der Waals surface area contributed by atoms with Crippen LogP contribution in [0.3, 0.4) is 0 Å². The SMILES string of the molecule is CCCC[CH2][SnH]([Cl])[CH2]CCl. The fraction of sp³-hybridized carbons (Fsp3) is 1.00. The molecule has 62 valence electrons. The van der Waals surface area contributed by atoms with Crippen molar-refractivity contribution in [3.63, 3.8) is 0 Å². The number of hydrogen-bond acceptors (Lipinski definition) is 0. The molecule has 0 nitrogen and oxygen atoms in total. The molecule has 0 saturated heterocycles. The zero-order chi connectivity index (χ0) is 7.82. The summed E-state index contributed by atoms with van der Waals surface area (Å²) >= 11 is 4.07. The molecule has 0 aromatic heterocycles. The maximum atomic E-state index is 6.14. The van der Waals surface area contributed by atoms with Gasteiger partial charge in [-0.15, -0.1) is 0 Å². The fourth-order valence-corrected chi connectivity index (χ4v) is 8.75. The minimum atomic E-state index is -1.51. The molecule has 0 aliphatic heterocycles. The summed E-state index contributed by atoms with van der Waals surface area (Å²) in [5, 5.41) is 0. The van der Waals surface area contributed by atoms with Gasteiger partial charge in [0.1, 0.15) is 0 Å². The van der Waals surface area contributed by atoms with Gasteiger partial charge in [0.2, 0.25) is 0 Å². The van der Waals surface area contributed by atoms with Crippen LogP contribution in [0, 0.1) is 0 Å². The Hall–Kier alpha value is 1.38. The van der Waals surface area contributed by atoms with E-state index in [1.165, 1.54) is 23.7 Å². The van der Waals surface area contributed by atoms with Crippen LogP contribution in [0.5, 0.6) is 0 Å². The van der Waals surface area contributed by atoms with Gasteiger partial charge in [-0.25, -0.2) is 0 Å². The molecule has 0 aliphatic rings. The Labute approximate surface area is 79.7 Å². The third-order valence-electron chi connectivity index (χ3n) is 1.54. The number of unbranched alkanes of at least 4 members (excludes halogenated alkanes) is 2. The summed E-state index contributed by atoms with van der Waals surface area (Å²) in [7, 11) is 6.14. The molecular weight excluding hydrogens is 274 g/mol. The van der Waals surface area contributed by atoms with Crippen LogP contribution in [0.2, 0.25) is 8.87 Å². The molecule has 0 fully saturated rings. The van der Waals surface area contributed by atoms with Crippen LogP contribution in [-0.4, -0.2) is 24.5 Å². The molecule has 0 aliphatic carbocycles. The molecule has 10 heavy (non-hydrogen) atoms. The molecule has 1 atom stereocenters. The van der Waals surface area contributed by atoms with E-state index in [0.29, 0.717) is 0 Å². The number of hydrogen-bond donors (Lipinski definition) is 0. The first-order valence-corrected chi connectivity index (χ1v) is 13.4. The first kappa shape index (κ1) is 11.4. The topological polar surface area (TPSA) is 0 Å². The Bertz CT molecular complexity index is 68.6. The van der Waals surface area contributed by atoms with Gasteiger partial charge in [-0.1, -0.05) is 0 Å². The van der Waals surface area contributed by atoms with Gasteiger partial charge in [0.05, 0.1) is 0 Å². The Morgan fingerprint density at radius 3 is 2.40 bits per heavy atom. The van der Waals surface area contributed by atoms with Crippen LogP contribution < -0.4 is 0 Å². The Kier molecular flexibility index (Phi) is 9.64. The normalized spacial score (nSPS) is 13.5. The van der Waals surface area contributed by atoms with Crippen molar-refractivity contribution in [3.05, 3.63) is 0 Å². The molecule has 0 aromatic carbocycles. The summed E-state index contributed by atoms with van der Waals surface area (Å²) in [6.45, 7) is 2.22. The molecular formula is C7H16Cl2Sn. The van der Waals surface area contributed by atoms with Crippen molar-refractivity contribution in [2.75, 3.05) is 5.88 Å². The molecule has 1 unspecified atom stereocenters. The van der Waals surface area contributed by atoms with Crippen molar-refractivity contribution in [1.82, 2.24) is 0 Å². The van der Waals surface area contributed by atoms with E-state index >= 15 is 0 Å². The van der Waals surface area contributed by atoms with E-state index in [1.807, 2.05) is 0 Å². The van der Waals surface area contributed by atoms with Gasteiger partial charge in [-0.3, -0.25) is 0 Å². The molecule has 0 radical (unpaired) electrons. The molecule has 0 amide bonds. The van der Waals surface area contributed by atoms with Crippen molar-refractivity contribution in [1.29, 1.82) is 0 Å². The minimum absolute atomic E-state index is 0.788. The van der Waals surface area contributed by atoms with Gasteiger partial charge in [-0.05, 0) is 0 Å². The van der Waals surface area contributed by atoms with Gasteiger partial charge in [0.15, 0.2) is 0 Å². The first-order chi connectivity index (χ1) is 4.81. The average molecular weight is 290 g/mol. The molecule has 0 rings (SSSR count). The van der Waals surface area contributed by atoms with E-state index in [4.69, 9.17) is 20.5 Å². The van der Waals surface area contributed by atoms with Gasteiger partial charge < -0.3 is 0 Å². The summed E-state index contributed by atoms with van der Waals surface area (Å²) in [5.74, 6) is 0.788. The van der Waals surface area contributed by atoms with E-state index in [1.54, 1.807) is 0 Å². The fourth-order valence-electron chi connectivity index (χ4n) is 0.879. The van der Waals surface area contributed by atoms with Gasteiger partial charge in [0, 0.05) is 0 Å². The average Bonchev–Trinajstić information content (AvgIpc) is 1.89. The molecule has 0 N–H and O–H groups in total. The molecule has 0 saturated carbocycles. The predicted octanol–water partition coefficient (Wildman–Crippen LogP) is 3.38. The monoisotopic (exact) mass is 290 g/mol. The predicted molar refractivity (Wildman–Crippen MR) is 52.9 cm³/mol. The summed E-state index contributed by atoms with van der Waals surface area (Å²) < 4.78 is 2.50. The number of halogens is 2. The zero-order valence-electron chi connectivity index (χ0n) is 6.58. The van der Waals surface area contributed by atoms with Crippen LogP contribution >= 0.6 is 20.5 Å². The van der Waals surface area contributed by atoms with E-state index in [2.05, 4.69) is 6.92 Å². The summed E-state index contributed by atoms with van der Waals surface area (Å²) in [5.41, 5.74) is 0. The van der Waals surface area contributed by atoms with E-state index < -0.39 is 18.6 Å². The Balaban J connectivity index is 2.97. The van der Waals surface area contributed by atoms with Crippen LogP contribution in [0.25, 0.3) is 0 Å². The molecule has 0 bridgehead atoms. The van der Waals surface area contributed by atoms with Crippen LogP contribution in [0.15, 0.2) is 0 Å². The standard InChI is InChI=1S/C5H11.C2H4Cl.ClH.Sn.H/c1-3-5-4-2;1-2-3;;;/h1,3-5H2,2H3;1-2H2;1H;;/q;;;+1;/p-1. The van der Waals surface area contributed by atoms with Crippen molar-refractivity contribution in [2.45, 2.75) is 35.1 Å². The molecule has 0 aromatic rings. The summed E-state index contributed by atoms with van der Waals surface area (Å²) in [4.78, 5) is 0. The molecule has 0 spiro atoms. The Morgan fingerprint density at radius 1 is 1.20 bits per heavy atom. The van der Waals surface area contributed by atoms with Gasteiger partial charge >= 0.3 is 80.1 Å². The van der Waals surface area contributed by atoms with Crippen molar-refractivity contribution in [2.24, 2.45) is 0 Å². The van der Waals surface area contributed by atoms with Crippen molar-refractivity contribution >= 4 is 39.2 Å². The molecule has 0 heterocycles. The first-order valence-electron chi connectivity index (χ1n) is 4.01. The second kappa shape index (κ2) is 8.48. The summed E-state index contributed by atoms with van der Waals surface area (Å²) in [6, 6.07) is 0. The van der Waals surface area contributed by atoms with Crippen molar-refractivity contribution < 1.29 is 0 Å². The van der Waals surface area contributed by atoms with E-state index in [-0.39, 0.29) is 0 Å². The third kappa shape index (κ3) is 7.49. The number of alkyl halides is 1. The van der Waals surface area contributed by atoms with Crippen LogP contribution in [-0.2, 0) is 0 Å². The van der Waals surface area contributed by atoms with E-state index in [9.17, 15) is 0 Å². The Morgan fingerprint density at radius 2 is 1.90 bits per heavy atom. The number of rotatable bonds is 6. The third-order valence-corrected chi connectivity index (χ3v) is 11.3. The van der Waals surface area contributed by atoms with Crippen LogP contribution in [0.1, 0.15) is 26.2 Å². The van der Waals surface area contributed by atoms with E-state index in [0.717, 1.165) is 10.3 Å². The second-order valence-corrected chi connectivity index (χ2v) is 13.8. The molecule has 3 heteroatoms. The van der Waals surface area contributed by atoms with Crippen LogP contribution in [0.4, 0.5) is 0 Å². The van der Waals surface area contributed by atoms with Gasteiger partial charge in [0.25, 0.3) is 0 Å². The quantitative estimate of drug-likeness (QED) is 0.399. The van der Waals surface area contributed by atoms with Crippen molar-refractivity contribution in [3.8, 4) is 0 Å². The maximum absolute atomic E-state index is 6.14. The zero-order valence-corrected chi connectivity index (χ0v) is 11.4. The second-order valence-electron chi connectivity index (χ2n) is 2.57. The summed E-state index contributed by atoms with van der Waals surface area (Å²) in [6.07, 6.45) is 4.00.